The smallest absolute Gasteiger partial charge is 0.000719 e. The van der Waals surface area contributed by atoms with Crippen LogP contribution in [0, 0.1) is 0 Å². The fraction of sp³-hybridized carbons (Fsp3) is 0. The maximum Gasteiger partial charge on any atom is -0.000719 e. The Labute approximate surface area is 311 Å². The van der Waals surface area contributed by atoms with Crippen LogP contribution in [0.1, 0.15) is 0 Å². The van der Waals surface area contributed by atoms with E-state index < -0.39 is 0 Å². The SMILES string of the molecule is c1ccc(-c2c3c(c(-c4ccccc4)c4cc5c6cc7ccccc7cc6c6ccccc6c5cc24)-c2ccc4ccc5cccc6cc-3c2c4c56)cc1. The summed E-state index contributed by atoms with van der Waals surface area (Å²) in [5.74, 6) is 0. The van der Waals surface area contributed by atoms with E-state index in [0.29, 0.717) is 0 Å². The lowest BCUT2D eigenvalue weighted by molar-refractivity contribution is 1.63. The fourth-order valence-electron chi connectivity index (χ4n) is 10.2. The largest absolute Gasteiger partial charge is 0.0622 e. The summed E-state index contributed by atoms with van der Waals surface area (Å²) in [7, 11) is 0. The van der Waals surface area contributed by atoms with E-state index in [1.54, 1.807) is 0 Å². The Bertz CT molecular complexity index is 3570. The minimum atomic E-state index is 1.25. The van der Waals surface area contributed by atoms with Crippen molar-refractivity contribution in [1.29, 1.82) is 0 Å². The van der Waals surface area contributed by atoms with Crippen LogP contribution < -0.4 is 0 Å². The Balaban J connectivity index is 1.32. The van der Waals surface area contributed by atoms with Crippen LogP contribution in [-0.2, 0) is 0 Å². The summed E-state index contributed by atoms with van der Waals surface area (Å²) in [6.45, 7) is 0. The quantitative estimate of drug-likeness (QED) is 0.126. The Morgan fingerprint density at radius 3 is 1.31 bits per heavy atom. The van der Waals surface area contributed by atoms with Crippen LogP contribution in [0.25, 0.3) is 131 Å². The van der Waals surface area contributed by atoms with Crippen molar-refractivity contribution < 1.29 is 0 Å². The standard InChI is InChI=1S/C54H30/c1-3-12-31(13-4-1)49-46-30-44-42-27-36-17-8-7-16-35(36)26-41(42)38-20-9-10-21-39(38)43(44)29-45(46)50(32-14-5-2-6-15-32)54-47-28-37-19-11-18-33-22-23-34-24-25-40(53(49)54)52(47)51(34)48(33)37/h1-30H. The van der Waals surface area contributed by atoms with Crippen molar-refractivity contribution in [2.75, 3.05) is 0 Å². The number of hydrogen-bond acceptors (Lipinski definition) is 0. The fourth-order valence-corrected chi connectivity index (χ4v) is 10.2. The molecule has 54 heavy (non-hydrogen) atoms. The van der Waals surface area contributed by atoms with Crippen molar-refractivity contribution >= 4 is 86.2 Å². The van der Waals surface area contributed by atoms with Gasteiger partial charge in [0, 0.05) is 0 Å². The highest BCUT2D eigenvalue weighted by Crippen LogP contribution is 2.60. The van der Waals surface area contributed by atoms with Crippen LogP contribution in [0.5, 0.6) is 0 Å². The summed E-state index contributed by atoms with van der Waals surface area (Å²) in [6, 6.07) is 68.6. The van der Waals surface area contributed by atoms with E-state index in [1.807, 2.05) is 0 Å². The summed E-state index contributed by atoms with van der Waals surface area (Å²) in [5.41, 5.74) is 10.5. The maximum atomic E-state index is 2.54. The Kier molecular flexibility index (Phi) is 5.45. The first-order valence-corrected chi connectivity index (χ1v) is 18.9. The predicted molar refractivity (Wildman–Crippen MR) is 233 cm³/mol. The third kappa shape index (κ3) is 3.62. The van der Waals surface area contributed by atoms with Crippen LogP contribution in [0.4, 0.5) is 0 Å². The van der Waals surface area contributed by atoms with Gasteiger partial charge in [-0.25, -0.2) is 0 Å². The predicted octanol–water partition coefficient (Wildman–Crippen LogP) is 15.3. The summed E-state index contributed by atoms with van der Waals surface area (Å²) < 4.78 is 0. The Morgan fingerprint density at radius 2 is 0.667 bits per heavy atom. The highest BCUT2D eigenvalue weighted by Gasteiger charge is 2.32. The molecule has 12 aromatic carbocycles. The molecule has 0 spiro atoms. The zero-order valence-corrected chi connectivity index (χ0v) is 29.3. The van der Waals surface area contributed by atoms with Gasteiger partial charge in [0.15, 0.2) is 0 Å². The minimum Gasteiger partial charge on any atom is -0.0622 e. The van der Waals surface area contributed by atoms with Gasteiger partial charge in [0.2, 0.25) is 0 Å². The molecule has 0 aliphatic heterocycles. The van der Waals surface area contributed by atoms with E-state index in [2.05, 4.69) is 182 Å². The van der Waals surface area contributed by atoms with Gasteiger partial charge in [0.1, 0.15) is 0 Å². The third-order valence-corrected chi connectivity index (χ3v) is 12.4. The maximum absolute atomic E-state index is 2.54. The van der Waals surface area contributed by atoms with Crippen LogP contribution in [0.2, 0.25) is 0 Å². The molecule has 0 fully saturated rings. The molecule has 1 aliphatic carbocycles. The summed E-state index contributed by atoms with van der Waals surface area (Å²) in [5, 5.41) is 20.9. The summed E-state index contributed by atoms with van der Waals surface area (Å²) in [4.78, 5) is 0. The molecule has 0 radical (unpaired) electrons. The first kappa shape index (κ1) is 28.6. The molecule has 0 saturated heterocycles. The molecule has 0 nitrogen and oxygen atoms in total. The molecule has 0 aromatic heterocycles. The van der Waals surface area contributed by atoms with E-state index in [-0.39, 0.29) is 0 Å². The zero-order chi connectivity index (χ0) is 35.1. The van der Waals surface area contributed by atoms with Crippen LogP contribution in [0.15, 0.2) is 182 Å². The molecule has 0 bridgehead atoms. The van der Waals surface area contributed by atoms with E-state index in [0.717, 1.165) is 0 Å². The first-order valence-electron chi connectivity index (χ1n) is 18.9. The molecule has 0 saturated carbocycles. The number of benzene rings is 12. The van der Waals surface area contributed by atoms with Crippen molar-refractivity contribution in [3.63, 3.8) is 0 Å². The highest BCUT2D eigenvalue weighted by molar-refractivity contribution is 6.37. The second-order valence-corrected chi connectivity index (χ2v) is 15.1. The molecular weight excluding hydrogens is 649 g/mol. The van der Waals surface area contributed by atoms with Gasteiger partial charge in [-0.2, -0.15) is 0 Å². The number of fused-ring (bicyclic) bond motifs is 11. The molecule has 0 unspecified atom stereocenters. The van der Waals surface area contributed by atoms with Gasteiger partial charge < -0.3 is 0 Å². The van der Waals surface area contributed by atoms with Gasteiger partial charge in [0.25, 0.3) is 0 Å². The molecule has 13 rings (SSSR count). The molecular formula is C54H30. The van der Waals surface area contributed by atoms with E-state index in [9.17, 15) is 0 Å². The topological polar surface area (TPSA) is 0 Å². The van der Waals surface area contributed by atoms with Gasteiger partial charge in [-0.1, -0.05) is 152 Å². The molecule has 246 valence electrons. The van der Waals surface area contributed by atoms with Gasteiger partial charge in [0.05, 0.1) is 0 Å². The minimum absolute atomic E-state index is 1.25. The van der Waals surface area contributed by atoms with Gasteiger partial charge in [-0.15, -0.1) is 0 Å². The van der Waals surface area contributed by atoms with Gasteiger partial charge in [-0.05, 0) is 161 Å². The lowest BCUT2D eigenvalue weighted by Crippen LogP contribution is -1.95. The molecule has 0 N–H and O–H groups in total. The van der Waals surface area contributed by atoms with Crippen molar-refractivity contribution in [3.8, 4) is 44.5 Å². The van der Waals surface area contributed by atoms with Gasteiger partial charge >= 0.3 is 0 Å². The second-order valence-electron chi connectivity index (χ2n) is 15.1. The molecule has 12 aromatic rings. The molecule has 0 heterocycles. The summed E-state index contributed by atoms with van der Waals surface area (Å²) >= 11 is 0. The number of rotatable bonds is 2. The monoisotopic (exact) mass is 678 g/mol. The normalized spacial score (nSPS) is 12.4. The molecule has 0 amide bonds. The van der Waals surface area contributed by atoms with E-state index in [4.69, 9.17) is 0 Å². The molecule has 1 aliphatic rings. The Morgan fingerprint density at radius 1 is 0.204 bits per heavy atom. The average Bonchev–Trinajstić information content (AvgIpc) is 3.56. The highest BCUT2D eigenvalue weighted by atomic mass is 14.3. The molecule has 0 heteroatoms. The van der Waals surface area contributed by atoms with Crippen molar-refractivity contribution in [1.82, 2.24) is 0 Å². The zero-order valence-electron chi connectivity index (χ0n) is 29.3. The van der Waals surface area contributed by atoms with Crippen LogP contribution >= 0.6 is 0 Å². The van der Waals surface area contributed by atoms with E-state index in [1.165, 1.54) is 131 Å². The number of hydrogen-bond donors (Lipinski definition) is 0. The lowest BCUT2D eigenvalue weighted by atomic mass is 9.80. The van der Waals surface area contributed by atoms with Crippen molar-refractivity contribution in [3.05, 3.63) is 182 Å². The first-order chi connectivity index (χ1) is 26.8. The second kappa shape index (κ2) is 10.3. The summed E-state index contributed by atoms with van der Waals surface area (Å²) in [6.07, 6.45) is 0. The van der Waals surface area contributed by atoms with Crippen LogP contribution in [0.3, 0.4) is 0 Å². The molecule has 0 atom stereocenters. The van der Waals surface area contributed by atoms with Crippen molar-refractivity contribution in [2.45, 2.75) is 0 Å². The van der Waals surface area contributed by atoms with Crippen LogP contribution in [-0.4, -0.2) is 0 Å². The van der Waals surface area contributed by atoms with Crippen molar-refractivity contribution in [2.24, 2.45) is 0 Å². The third-order valence-electron chi connectivity index (χ3n) is 12.4. The van der Waals surface area contributed by atoms with Gasteiger partial charge in [-0.3, -0.25) is 0 Å². The van der Waals surface area contributed by atoms with E-state index >= 15 is 0 Å². The Hall–Kier alpha value is -7.02. The average molecular weight is 679 g/mol. The lowest BCUT2D eigenvalue weighted by Gasteiger charge is -2.22.